The number of halogens is 2. The van der Waals surface area contributed by atoms with E-state index in [-0.39, 0.29) is 6.54 Å². The Hall–Kier alpha value is -1.01. The van der Waals surface area contributed by atoms with Crippen LogP contribution in [0.1, 0.15) is 12.6 Å². The van der Waals surface area contributed by atoms with Crippen LogP contribution < -0.4 is 5.32 Å². The van der Waals surface area contributed by atoms with Crippen molar-refractivity contribution in [1.29, 1.82) is 0 Å². The highest BCUT2D eigenvalue weighted by molar-refractivity contribution is 4.99. The Labute approximate surface area is 86.9 Å². The normalized spacial score (nSPS) is 13.4. The molecule has 0 saturated carbocycles. The first-order valence-corrected chi connectivity index (χ1v) is 4.82. The van der Waals surface area contributed by atoms with E-state index in [9.17, 15) is 8.78 Å². The van der Waals surface area contributed by atoms with Crippen molar-refractivity contribution in [1.82, 2.24) is 15.1 Å². The summed E-state index contributed by atoms with van der Waals surface area (Å²) in [7, 11) is 0. The minimum Gasteiger partial charge on any atom is -0.386 e. The molecule has 0 saturated heterocycles. The molecular formula is C9H15F2N3O. The summed E-state index contributed by atoms with van der Waals surface area (Å²) in [6.45, 7) is 3.00. The largest absolute Gasteiger partial charge is 0.386 e. The molecule has 15 heavy (non-hydrogen) atoms. The maximum absolute atomic E-state index is 11.9. The summed E-state index contributed by atoms with van der Waals surface area (Å²) < 4.78 is 25.6. The molecule has 4 nitrogen and oxygen atoms in total. The lowest BCUT2D eigenvalue weighted by atomic mass is 10.3. The second kappa shape index (κ2) is 5.77. The fourth-order valence-electron chi connectivity index (χ4n) is 1.23. The second-order valence-electron chi connectivity index (χ2n) is 3.17. The summed E-state index contributed by atoms with van der Waals surface area (Å²) in [5.41, 5.74) is 0.916. The third-order valence-corrected chi connectivity index (χ3v) is 2.05. The van der Waals surface area contributed by atoms with Crippen molar-refractivity contribution >= 4 is 0 Å². The third-order valence-electron chi connectivity index (χ3n) is 2.05. The van der Waals surface area contributed by atoms with E-state index in [1.807, 2.05) is 13.0 Å². The monoisotopic (exact) mass is 219 g/mol. The summed E-state index contributed by atoms with van der Waals surface area (Å²) in [5, 5.41) is 15.6. The van der Waals surface area contributed by atoms with Gasteiger partial charge in [-0.05, 0) is 13.0 Å². The summed E-state index contributed by atoms with van der Waals surface area (Å²) in [4.78, 5) is 0. The molecule has 1 unspecified atom stereocenters. The maximum Gasteiger partial charge on any atom is 0.265 e. The van der Waals surface area contributed by atoms with E-state index in [1.54, 1.807) is 10.9 Å². The van der Waals surface area contributed by atoms with Crippen molar-refractivity contribution < 1.29 is 13.9 Å². The Kier molecular flexibility index (Phi) is 4.64. The van der Waals surface area contributed by atoms with Crippen LogP contribution in [0.4, 0.5) is 8.78 Å². The quantitative estimate of drug-likeness (QED) is 0.737. The summed E-state index contributed by atoms with van der Waals surface area (Å²) in [6, 6.07) is 1.81. The predicted octanol–water partition coefficient (Wildman–Crippen LogP) is 0.619. The molecule has 0 aliphatic heterocycles. The molecule has 1 atom stereocenters. The van der Waals surface area contributed by atoms with Crippen LogP contribution in [0, 0.1) is 0 Å². The molecule has 0 aliphatic carbocycles. The number of hydrogen-bond acceptors (Lipinski definition) is 3. The predicted molar refractivity (Wildman–Crippen MR) is 51.6 cm³/mol. The molecule has 0 aliphatic rings. The number of aliphatic hydroxyl groups is 1. The zero-order valence-corrected chi connectivity index (χ0v) is 8.53. The molecule has 0 amide bonds. The molecule has 0 aromatic carbocycles. The molecule has 0 fully saturated rings. The number of hydrogen-bond donors (Lipinski definition) is 2. The lowest BCUT2D eigenvalue weighted by Crippen LogP contribution is -2.32. The van der Waals surface area contributed by atoms with Crippen molar-refractivity contribution in [3.05, 3.63) is 18.0 Å². The van der Waals surface area contributed by atoms with Crippen LogP contribution in [0.3, 0.4) is 0 Å². The first-order valence-electron chi connectivity index (χ1n) is 4.82. The topological polar surface area (TPSA) is 50.1 Å². The van der Waals surface area contributed by atoms with E-state index in [2.05, 4.69) is 10.4 Å². The first-order chi connectivity index (χ1) is 7.15. The molecular weight excluding hydrogens is 204 g/mol. The van der Waals surface area contributed by atoms with Crippen LogP contribution in [0.2, 0.25) is 0 Å². The van der Waals surface area contributed by atoms with Crippen molar-refractivity contribution in [2.45, 2.75) is 32.5 Å². The van der Waals surface area contributed by atoms with Gasteiger partial charge in [0.15, 0.2) is 0 Å². The molecule has 0 bridgehead atoms. The fourth-order valence-corrected chi connectivity index (χ4v) is 1.23. The van der Waals surface area contributed by atoms with Crippen LogP contribution in [-0.4, -0.2) is 34.0 Å². The molecule has 0 spiro atoms. The molecule has 1 aromatic heterocycles. The fraction of sp³-hybridized carbons (Fsp3) is 0.667. The standard InChI is InChI=1S/C9H15F2N3O/c1-2-14-7(3-4-13-14)5-12-6-8(15)9(10)11/h3-4,8-9,12,15H,2,5-6H2,1H3. The highest BCUT2D eigenvalue weighted by atomic mass is 19.3. The van der Waals surface area contributed by atoms with Crippen molar-refractivity contribution in [2.75, 3.05) is 6.54 Å². The SMILES string of the molecule is CCn1nccc1CNCC(O)C(F)F. The Balaban J connectivity index is 2.31. The van der Waals surface area contributed by atoms with Crippen LogP contribution in [0.25, 0.3) is 0 Å². The van der Waals surface area contributed by atoms with Gasteiger partial charge in [-0.3, -0.25) is 4.68 Å². The van der Waals surface area contributed by atoms with Crippen LogP contribution in [0.5, 0.6) is 0 Å². The lowest BCUT2D eigenvalue weighted by Gasteiger charge is -2.11. The van der Waals surface area contributed by atoms with Gasteiger partial charge >= 0.3 is 0 Å². The number of aliphatic hydroxyl groups excluding tert-OH is 1. The van der Waals surface area contributed by atoms with Gasteiger partial charge in [-0.1, -0.05) is 0 Å². The van der Waals surface area contributed by atoms with Gasteiger partial charge in [0.05, 0.1) is 5.69 Å². The van der Waals surface area contributed by atoms with Crippen LogP contribution in [-0.2, 0) is 13.1 Å². The third kappa shape index (κ3) is 3.56. The molecule has 1 aromatic rings. The average molecular weight is 219 g/mol. The highest BCUT2D eigenvalue weighted by Crippen LogP contribution is 2.01. The number of alkyl halides is 2. The maximum atomic E-state index is 11.9. The number of aromatic nitrogens is 2. The number of rotatable bonds is 6. The second-order valence-corrected chi connectivity index (χ2v) is 3.17. The van der Waals surface area contributed by atoms with Gasteiger partial charge in [0.25, 0.3) is 6.43 Å². The Morgan fingerprint density at radius 2 is 2.33 bits per heavy atom. The van der Waals surface area contributed by atoms with Gasteiger partial charge in [-0.15, -0.1) is 0 Å². The van der Waals surface area contributed by atoms with Crippen molar-refractivity contribution in [2.24, 2.45) is 0 Å². The molecule has 1 rings (SSSR count). The van der Waals surface area contributed by atoms with Crippen molar-refractivity contribution in [3.63, 3.8) is 0 Å². The Morgan fingerprint density at radius 1 is 1.60 bits per heavy atom. The van der Waals surface area contributed by atoms with E-state index in [4.69, 9.17) is 5.11 Å². The number of aryl methyl sites for hydroxylation is 1. The summed E-state index contributed by atoms with van der Waals surface area (Å²) in [6.07, 6.45) is -2.65. The smallest absolute Gasteiger partial charge is 0.265 e. The van der Waals surface area contributed by atoms with Gasteiger partial charge in [0, 0.05) is 25.8 Å². The van der Waals surface area contributed by atoms with Gasteiger partial charge in [0.1, 0.15) is 6.10 Å². The van der Waals surface area contributed by atoms with E-state index < -0.39 is 12.5 Å². The van der Waals surface area contributed by atoms with Crippen LogP contribution >= 0.6 is 0 Å². The molecule has 0 radical (unpaired) electrons. The number of nitrogens with one attached hydrogen (secondary N) is 1. The molecule has 6 heteroatoms. The number of nitrogens with zero attached hydrogens (tertiary/aromatic N) is 2. The van der Waals surface area contributed by atoms with E-state index >= 15 is 0 Å². The summed E-state index contributed by atoms with van der Waals surface area (Å²) in [5.74, 6) is 0. The molecule has 2 N–H and O–H groups in total. The van der Waals surface area contributed by atoms with Gasteiger partial charge in [0.2, 0.25) is 0 Å². The zero-order valence-electron chi connectivity index (χ0n) is 8.53. The van der Waals surface area contributed by atoms with Gasteiger partial charge in [-0.25, -0.2) is 8.78 Å². The summed E-state index contributed by atoms with van der Waals surface area (Å²) >= 11 is 0. The first kappa shape index (κ1) is 12.1. The lowest BCUT2D eigenvalue weighted by molar-refractivity contribution is -0.00348. The minimum atomic E-state index is -2.70. The minimum absolute atomic E-state index is 0.118. The van der Waals surface area contributed by atoms with Gasteiger partial charge in [-0.2, -0.15) is 5.10 Å². The van der Waals surface area contributed by atoms with E-state index in [0.717, 1.165) is 12.2 Å². The highest BCUT2D eigenvalue weighted by Gasteiger charge is 2.15. The Bertz CT molecular complexity index is 291. The Morgan fingerprint density at radius 3 is 2.93 bits per heavy atom. The van der Waals surface area contributed by atoms with E-state index in [1.165, 1.54) is 0 Å². The van der Waals surface area contributed by atoms with Crippen LogP contribution in [0.15, 0.2) is 12.3 Å². The van der Waals surface area contributed by atoms with E-state index in [0.29, 0.717) is 6.54 Å². The average Bonchev–Trinajstić information content (AvgIpc) is 2.65. The van der Waals surface area contributed by atoms with Crippen molar-refractivity contribution in [3.8, 4) is 0 Å². The molecule has 86 valence electrons. The molecule has 1 heterocycles. The van der Waals surface area contributed by atoms with Gasteiger partial charge < -0.3 is 10.4 Å². The zero-order chi connectivity index (χ0) is 11.3.